The summed E-state index contributed by atoms with van der Waals surface area (Å²) >= 11 is 1.76. The van der Waals surface area contributed by atoms with Crippen molar-refractivity contribution in [1.29, 1.82) is 0 Å². The average Bonchev–Trinajstić information content (AvgIpc) is 2.46. The number of benzene rings is 2. The fourth-order valence-electron chi connectivity index (χ4n) is 1.80. The second-order valence-electron chi connectivity index (χ2n) is 4.35. The van der Waals surface area contributed by atoms with Crippen molar-refractivity contribution < 1.29 is 4.92 Å². The number of nitrogens with one attached hydrogen (secondary N) is 1. The lowest BCUT2D eigenvalue weighted by Crippen LogP contribution is -2.04. The first-order valence-electron chi connectivity index (χ1n) is 6.33. The van der Waals surface area contributed by atoms with Crippen molar-refractivity contribution in [1.82, 2.24) is 0 Å². The molecule has 0 saturated heterocycles. The number of hydrogen-bond acceptors (Lipinski definition) is 4. The summed E-state index contributed by atoms with van der Waals surface area (Å²) in [7, 11) is 0. The fourth-order valence-corrected chi connectivity index (χ4v) is 2.59. The zero-order chi connectivity index (χ0) is 14.4. The fraction of sp³-hybridized carbons (Fsp3) is 0.200. The molecule has 4 nitrogen and oxygen atoms in total. The maximum Gasteiger partial charge on any atom is 0.274 e. The maximum atomic E-state index is 10.9. The number of thioether (sulfide) groups is 1. The third kappa shape index (κ3) is 3.99. The standard InChI is InChI=1S/C15H16N2O2S/c1-12-7-8-13(11-15(12)17(18)19)16-9-10-20-14-5-3-2-4-6-14/h2-8,11,16H,9-10H2,1H3. The Kier molecular flexibility index (Phi) is 5.01. The van der Waals surface area contributed by atoms with E-state index in [9.17, 15) is 10.1 Å². The molecule has 20 heavy (non-hydrogen) atoms. The van der Waals surface area contributed by atoms with Crippen molar-refractivity contribution in [3.63, 3.8) is 0 Å². The van der Waals surface area contributed by atoms with Gasteiger partial charge in [0.1, 0.15) is 0 Å². The summed E-state index contributed by atoms with van der Waals surface area (Å²) < 4.78 is 0. The van der Waals surface area contributed by atoms with Crippen LogP contribution in [0.4, 0.5) is 11.4 Å². The highest BCUT2D eigenvalue weighted by atomic mass is 32.2. The molecule has 0 heterocycles. The molecule has 0 saturated carbocycles. The van der Waals surface area contributed by atoms with Crippen molar-refractivity contribution in [2.45, 2.75) is 11.8 Å². The van der Waals surface area contributed by atoms with Crippen LogP contribution in [0.1, 0.15) is 5.56 Å². The van der Waals surface area contributed by atoms with E-state index in [0.717, 1.165) is 18.0 Å². The Morgan fingerprint density at radius 1 is 1.20 bits per heavy atom. The van der Waals surface area contributed by atoms with Gasteiger partial charge in [-0.25, -0.2) is 0 Å². The zero-order valence-corrected chi connectivity index (χ0v) is 12.0. The highest BCUT2D eigenvalue weighted by molar-refractivity contribution is 7.99. The molecule has 0 fully saturated rings. The van der Waals surface area contributed by atoms with Crippen LogP contribution in [0.3, 0.4) is 0 Å². The molecule has 0 amide bonds. The van der Waals surface area contributed by atoms with Crippen LogP contribution >= 0.6 is 11.8 Å². The van der Waals surface area contributed by atoms with Gasteiger partial charge in [0.05, 0.1) is 4.92 Å². The number of nitro groups is 1. The van der Waals surface area contributed by atoms with Gasteiger partial charge in [-0.1, -0.05) is 24.3 Å². The van der Waals surface area contributed by atoms with Crippen LogP contribution in [0.15, 0.2) is 53.4 Å². The van der Waals surface area contributed by atoms with Crippen LogP contribution in [0.2, 0.25) is 0 Å². The molecule has 0 radical (unpaired) electrons. The average molecular weight is 288 g/mol. The summed E-state index contributed by atoms with van der Waals surface area (Å²) in [6.07, 6.45) is 0. The van der Waals surface area contributed by atoms with E-state index in [4.69, 9.17) is 0 Å². The predicted molar refractivity (Wildman–Crippen MR) is 83.5 cm³/mol. The number of aryl methyl sites for hydroxylation is 1. The molecule has 0 aliphatic carbocycles. The van der Waals surface area contributed by atoms with E-state index < -0.39 is 0 Å². The van der Waals surface area contributed by atoms with Gasteiger partial charge >= 0.3 is 0 Å². The normalized spacial score (nSPS) is 10.2. The number of hydrogen-bond donors (Lipinski definition) is 1. The van der Waals surface area contributed by atoms with Crippen molar-refractivity contribution in [2.75, 3.05) is 17.6 Å². The number of nitro benzene ring substituents is 1. The van der Waals surface area contributed by atoms with Gasteiger partial charge in [-0.2, -0.15) is 0 Å². The lowest BCUT2D eigenvalue weighted by molar-refractivity contribution is -0.385. The largest absolute Gasteiger partial charge is 0.384 e. The minimum Gasteiger partial charge on any atom is -0.384 e. The lowest BCUT2D eigenvalue weighted by atomic mass is 10.2. The molecule has 0 aromatic heterocycles. The van der Waals surface area contributed by atoms with Crippen molar-refractivity contribution >= 4 is 23.1 Å². The van der Waals surface area contributed by atoms with Crippen LogP contribution in [0.25, 0.3) is 0 Å². The van der Waals surface area contributed by atoms with Crippen molar-refractivity contribution in [2.24, 2.45) is 0 Å². The quantitative estimate of drug-likeness (QED) is 0.376. The minimum absolute atomic E-state index is 0.158. The summed E-state index contributed by atoms with van der Waals surface area (Å²) in [6.45, 7) is 2.51. The van der Waals surface area contributed by atoms with E-state index in [0.29, 0.717) is 5.56 Å². The summed E-state index contributed by atoms with van der Waals surface area (Å²) in [4.78, 5) is 11.7. The van der Waals surface area contributed by atoms with Gasteiger partial charge in [0, 0.05) is 34.5 Å². The first-order valence-corrected chi connectivity index (χ1v) is 7.32. The molecule has 104 valence electrons. The van der Waals surface area contributed by atoms with Crippen molar-refractivity contribution in [3.05, 3.63) is 64.2 Å². The Bertz CT molecular complexity index is 588. The second-order valence-corrected chi connectivity index (χ2v) is 5.51. The van der Waals surface area contributed by atoms with E-state index in [-0.39, 0.29) is 10.6 Å². The highest BCUT2D eigenvalue weighted by Gasteiger charge is 2.10. The van der Waals surface area contributed by atoms with Gasteiger partial charge < -0.3 is 5.32 Å². The molecule has 0 atom stereocenters. The predicted octanol–water partition coefficient (Wildman–Crippen LogP) is 4.11. The summed E-state index contributed by atoms with van der Waals surface area (Å²) in [5.41, 5.74) is 1.63. The van der Waals surface area contributed by atoms with Gasteiger partial charge in [-0.05, 0) is 25.1 Å². The summed E-state index contributed by atoms with van der Waals surface area (Å²) in [5.74, 6) is 0.908. The van der Waals surface area contributed by atoms with E-state index >= 15 is 0 Å². The smallest absolute Gasteiger partial charge is 0.274 e. The molecule has 2 aromatic carbocycles. The van der Waals surface area contributed by atoms with Gasteiger partial charge in [-0.3, -0.25) is 10.1 Å². The highest BCUT2D eigenvalue weighted by Crippen LogP contribution is 2.22. The van der Waals surface area contributed by atoms with Crippen LogP contribution in [-0.2, 0) is 0 Å². The van der Waals surface area contributed by atoms with E-state index in [1.165, 1.54) is 4.90 Å². The SMILES string of the molecule is Cc1ccc(NCCSc2ccccc2)cc1[N+](=O)[O-]. The second kappa shape index (κ2) is 6.96. The van der Waals surface area contributed by atoms with Gasteiger partial charge in [0.2, 0.25) is 0 Å². The van der Waals surface area contributed by atoms with Crippen LogP contribution in [0, 0.1) is 17.0 Å². The Morgan fingerprint density at radius 2 is 1.95 bits per heavy atom. The minimum atomic E-state index is -0.348. The summed E-state index contributed by atoms with van der Waals surface area (Å²) in [6, 6.07) is 15.4. The topological polar surface area (TPSA) is 55.2 Å². The monoisotopic (exact) mass is 288 g/mol. The summed E-state index contributed by atoms with van der Waals surface area (Å²) in [5, 5.41) is 14.1. The molecule has 2 aromatic rings. The van der Waals surface area contributed by atoms with Gasteiger partial charge in [-0.15, -0.1) is 11.8 Å². The number of anilines is 1. The van der Waals surface area contributed by atoms with E-state index in [2.05, 4.69) is 17.4 Å². The molecule has 2 rings (SSSR count). The Morgan fingerprint density at radius 3 is 2.65 bits per heavy atom. The molecule has 0 unspecified atom stereocenters. The molecule has 1 N–H and O–H groups in total. The molecule has 5 heteroatoms. The number of rotatable bonds is 6. The third-order valence-corrected chi connectivity index (χ3v) is 3.86. The van der Waals surface area contributed by atoms with Crippen LogP contribution in [-0.4, -0.2) is 17.2 Å². The zero-order valence-electron chi connectivity index (χ0n) is 11.2. The Labute approximate surface area is 122 Å². The van der Waals surface area contributed by atoms with E-state index in [1.807, 2.05) is 24.3 Å². The molecule has 0 aliphatic rings. The first-order chi connectivity index (χ1) is 9.66. The first kappa shape index (κ1) is 14.4. The third-order valence-electron chi connectivity index (χ3n) is 2.85. The van der Waals surface area contributed by atoms with Gasteiger partial charge in [0.25, 0.3) is 5.69 Å². The molecular formula is C15H16N2O2S. The van der Waals surface area contributed by atoms with Crippen LogP contribution in [0.5, 0.6) is 0 Å². The van der Waals surface area contributed by atoms with Crippen LogP contribution < -0.4 is 5.32 Å². The molecule has 0 bridgehead atoms. The molecule has 0 spiro atoms. The molecule has 0 aliphatic heterocycles. The number of nitrogens with zero attached hydrogens (tertiary/aromatic N) is 1. The van der Waals surface area contributed by atoms with E-state index in [1.54, 1.807) is 30.8 Å². The van der Waals surface area contributed by atoms with Gasteiger partial charge in [0.15, 0.2) is 0 Å². The molecular weight excluding hydrogens is 272 g/mol. The Hall–Kier alpha value is -2.01. The Balaban J connectivity index is 1.85. The van der Waals surface area contributed by atoms with Crippen molar-refractivity contribution in [3.8, 4) is 0 Å². The lowest BCUT2D eigenvalue weighted by Gasteiger charge is -2.07. The maximum absolute atomic E-state index is 10.9.